The minimum absolute atomic E-state index is 0.227. The third-order valence-electron chi connectivity index (χ3n) is 4.25. The van der Waals surface area contributed by atoms with Gasteiger partial charge in [0, 0.05) is 30.6 Å². The van der Waals surface area contributed by atoms with Gasteiger partial charge in [0.05, 0.1) is 17.9 Å². The van der Waals surface area contributed by atoms with Crippen molar-refractivity contribution in [2.24, 2.45) is 0 Å². The summed E-state index contributed by atoms with van der Waals surface area (Å²) in [4.78, 5) is 40.8. The van der Waals surface area contributed by atoms with E-state index < -0.39 is 12.0 Å². The van der Waals surface area contributed by atoms with Gasteiger partial charge >= 0.3 is 12.0 Å². The van der Waals surface area contributed by atoms with Crippen LogP contribution < -0.4 is 10.9 Å². The Hall–Kier alpha value is -3.61. The Kier molecular flexibility index (Phi) is 5.74. The van der Waals surface area contributed by atoms with Crippen molar-refractivity contribution in [3.05, 3.63) is 76.1 Å². The van der Waals surface area contributed by atoms with Crippen molar-refractivity contribution >= 4 is 28.6 Å². The fourth-order valence-corrected chi connectivity index (χ4v) is 2.92. The summed E-state index contributed by atoms with van der Waals surface area (Å²) >= 11 is 0. The largest absolute Gasteiger partial charge is 0.462 e. The van der Waals surface area contributed by atoms with Crippen LogP contribution in [-0.2, 0) is 11.3 Å². The molecule has 2 N–H and O–H groups in total. The normalized spacial score (nSPS) is 10.5. The number of para-hydroxylation sites is 2. The van der Waals surface area contributed by atoms with Crippen molar-refractivity contribution < 1.29 is 14.3 Å². The fraction of sp³-hybridized carbons (Fsp3) is 0.190. The van der Waals surface area contributed by atoms with Gasteiger partial charge in [-0.3, -0.25) is 4.79 Å². The third kappa shape index (κ3) is 4.20. The van der Waals surface area contributed by atoms with Crippen molar-refractivity contribution in [2.75, 3.05) is 19.0 Å². The van der Waals surface area contributed by atoms with Gasteiger partial charge in [-0.1, -0.05) is 30.3 Å². The molecule has 0 fully saturated rings. The molecule has 1 aromatic heterocycles. The molecule has 144 valence electrons. The number of nitrogens with zero attached hydrogens (tertiary/aromatic N) is 1. The first-order chi connectivity index (χ1) is 13.5. The molecule has 3 rings (SSSR count). The zero-order chi connectivity index (χ0) is 20.1. The molecule has 7 nitrogen and oxygen atoms in total. The van der Waals surface area contributed by atoms with Gasteiger partial charge in [0.25, 0.3) is 0 Å². The lowest BCUT2D eigenvalue weighted by Crippen LogP contribution is -2.32. The van der Waals surface area contributed by atoms with Crippen LogP contribution in [0.1, 0.15) is 22.8 Å². The second-order valence-electron chi connectivity index (χ2n) is 6.26. The van der Waals surface area contributed by atoms with Crippen molar-refractivity contribution in [3.63, 3.8) is 0 Å². The monoisotopic (exact) mass is 379 g/mol. The number of H-pyrrole nitrogens is 1. The molecule has 0 radical (unpaired) electrons. The Balaban J connectivity index is 1.80. The molecule has 0 unspecified atom stereocenters. The van der Waals surface area contributed by atoms with Gasteiger partial charge in [0.1, 0.15) is 0 Å². The zero-order valence-electron chi connectivity index (χ0n) is 15.7. The maximum absolute atomic E-state index is 12.6. The molecule has 2 aromatic carbocycles. The zero-order valence-corrected chi connectivity index (χ0v) is 15.7. The summed E-state index contributed by atoms with van der Waals surface area (Å²) < 4.78 is 5.03. The SMILES string of the molecule is CCOC(=O)c1ccccc1NC(=O)N(C)Cc1cc(=O)[nH]c2ccccc12. The molecule has 0 spiro atoms. The first-order valence-electron chi connectivity index (χ1n) is 8.88. The number of aromatic nitrogens is 1. The van der Waals surface area contributed by atoms with Crippen LogP contribution >= 0.6 is 0 Å². The van der Waals surface area contributed by atoms with Crippen LogP contribution in [0.5, 0.6) is 0 Å². The quantitative estimate of drug-likeness (QED) is 0.665. The molecular formula is C21H21N3O4. The number of carbonyl (C=O) groups is 2. The number of hydrogen-bond donors (Lipinski definition) is 2. The van der Waals surface area contributed by atoms with Crippen molar-refractivity contribution in [1.82, 2.24) is 9.88 Å². The van der Waals surface area contributed by atoms with E-state index in [0.717, 1.165) is 10.9 Å². The van der Waals surface area contributed by atoms with Crippen LogP contribution in [-0.4, -0.2) is 35.5 Å². The standard InChI is InChI=1S/C21H21N3O4/c1-3-28-20(26)16-9-5-7-11-18(16)23-21(27)24(2)13-14-12-19(25)22-17-10-6-4-8-15(14)17/h4-12H,3,13H2,1-2H3,(H,22,25)(H,23,27). The number of amides is 2. The average molecular weight is 379 g/mol. The second-order valence-corrected chi connectivity index (χ2v) is 6.26. The van der Waals surface area contributed by atoms with Gasteiger partial charge < -0.3 is 19.9 Å². The predicted molar refractivity (Wildman–Crippen MR) is 107 cm³/mol. The number of carbonyl (C=O) groups excluding carboxylic acids is 2. The highest BCUT2D eigenvalue weighted by Gasteiger charge is 2.17. The predicted octanol–water partition coefficient (Wildman–Crippen LogP) is 3.37. The lowest BCUT2D eigenvalue weighted by Gasteiger charge is -2.20. The van der Waals surface area contributed by atoms with E-state index in [4.69, 9.17) is 4.74 Å². The molecule has 7 heteroatoms. The van der Waals surface area contributed by atoms with Crippen molar-refractivity contribution in [1.29, 1.82) is 0 Å². The number of urea groups is 1. The molecule has 0 aliphatic heterocycles. The number of ether oxygens (including phenoxy) is 1. The fourth-order valence-electron chi connectivity index (χ4n) is 2.92. The Morgan fingerprint density at radius 2 is 1.82 bits per heavy atom. The highest BCUT2D eigenvalue weighted by molar-refractivity contribution is 6.00. The van der Waals surface area contributed by atoms with Crippen LogP contribution in [0.3, 0.4) is 0 Å². The summed E-state index contributed by atoms with van der Waals surface area (Å²) in [6.45, 7) is 2.20. The molecule has 0 aliphatic rings. The minimum Gasteiger partial charge on any atom is -0.462 e. The number of benzene rings is 2. The summed E-state index contributed by atoms with van der Waals surface area (Å²) in [6.07, 6.45) is 0. The topological polar surface area (TPSA) is 91.5 Å². The summed E-state index contributed by atoms with van der Waals surface area (Å²) in [5, 5.41) is 3.60. The van der Waals surface area contributed by atoms with E-state index in [-0.39, 0.29) is 24.3 Å². The average Bonchev–Trinajstić information content (AvgIpc) is 2.68. The molecule has 2 amide bonds. The second kappa shape index (κ2) is 8.39. The van der Waals surface area contributed by atoms with Crippen LogP contribution in [0.15, 0.2) is 59.4 Å². The van der Waals surface area contributed by atoms with Crippen LogP contribution in [0.4, 0.5) is 10.5 Å². The molecule has 0 bridgehead atoms. The molecule has 0 saturated carbocycles. The highest BCUT2D eigenvalue weighted by Crippen LogP contribution is 2.19. The number of anilines is 1. The van der Waals surface area contributed by atoms with Crippen LogP contribution in [0.2, 0.25) is 0 Å². The first-order valence-corrected chi connectivity index (χ1v) is 8.88. The molecule has 28 heavy (non-hydrogen) atoms. The number of aromatic amines is 1. The van der Waals surface area contributed by atoms with Crippen LogP contribution in [0.25, 0.3) is 10.9 Å². The Bertz CT molecular complexity index is 1070. The van der Waals surface area contributed by atoms with Gasteiger partial charge in [-0.15, -0.1) is 0 Å². The van der Waals surface area contributed by atoms with Crippen molar-refractivity contribution in [3.8, 4) is 0 Å². The molecule has 0 aliphatic carbocycles. The van der Waals surface area contributed by atoms with Crippen LogP contribution in [0, 0.1) is 0 Å². The Labute approximate surface area is 161 Å². The van der Waals surface area contributed by atoms with E-state index in [0.29, 0.717) is 11.2 Å². The van der Waals surface area contributed by atoms with Crippen molar-refractivity contribution in [2.45, 2.75) is 13.5 Å². The number of fused-ring (bicyclic) bond motifs is 1. The number of esters is 1. The van der Waals surface area contributed by atoms with Gasteiger partial charge in [-0.2, -0.15) is 0 Å². The van der Waals surface area contributed by atoms with Gasteiger partial charge in [-0.25, -0.2) is 9.59 Å². The number of hydrogen-bond acceptors (Lipinski definition) is 4. The summed E-state index contributed by atoms with van der Waals surface area (Å²) in [5.41, 5.74) is 1.87. The van der Waals surface area contributed by atoms with Gasteiger partial charge in [-0.05, 0) is 30.7 Å². The van der Waals surface area contributed by atoms with E-state index in [9.17, 15) is 14.4 Å². The number of rotatable bonds is 5. The Morgan fingerprint density at radius 1 is 1.11 bits per heavy atom. The number of nitrogens with one attached hydrogen (secondary N) is 2. The van der Waals surface area contributed by atoms with E-state index in [1.54, 1.807) is 38.2 Å². The molecule has 0 atom stereocenters. The molecule has 0 saturated heterocycles. The molecular weight excluding hydrogens is 358 g/mol. The summed E-state index contributed by atoms with van der Waals surface area (Å²) in [6, 6.07) is 15.2. The van der Waals surface area contributed by atoms with E-state index >= 15 is 0 Å². The third-order valence-corrected chi connectivity index (χ3v) is 4.25. The minimum atomic E-state index is -0.498. The summed E-state index contributed by atoms with van der Waals surface area (Å²) in [7, 11) is 1.62. The summed E-state index contributed by atoms with van der Waals surface area (Å²) in [5.74, 6) is -0.498. The van der Waals surface area contributed by atoms with E-state index in [1.807, 2.05) is 24.3 Å². The first kappa shape index (κ1) is 19.2. The van der Waals surface area contributed by atoms with Gasteiger partial charge in [0.2, 0.25) is 5.56 Å². The molecule has 3 aromatic rings. The Morgan fingerprint density at radius 3 is 2.61 bits per heavy atom. The maximum atomic E-state index is 12.6. The van der Waals surface area contributed by atoms with Gasteiger partial charge in [0.15, 0.2) is 0 Å². The maximum Gasteiger partial charge on any atom is 0.340 e. The lowest BCUT2D eigenvalue weighted by molar-refractivity contribution is 0.0527. The molecule has 1 heterocycles. The van der Waals surface area contributed by atoms with E-state index in [1.165, 1.54) is 11.0 Å². The lowest BCUT2D eigenvalue weighted by atomic mass is 10.1. The van der Waals surface area contributed by atoms with E-state index in [2.05, 4.69) is 10.3 Å². The smallest absolute Gasteiger partial charge is 0.340 e. The number of pyridine rings is 1. The highest BCUT2D eigenvalue weighted by atomic mass is 16.5.